The lowest BCUT2D eigenvalue weighted by Gasteiger charge is -2.26. The average molecular weight is 472 g/mol. The topological polar surface area (TPSA) is 115 Å². The first-order chi connectivity index (χ1) is 15.3. The maximum Gasteiger partial charge on any atom is 0.387 e. The first-order valence-corrected chi connectivity index (χ1v) is 9.79. The molecule has 3 atom stereocenters. The molecule has 0 bridgehead atoms. The Morgan fingerprint density at radius 3 is 2.55 bits per heavy atom. The highest BCUT2D eigenvalue weighted by Gasteiger charge is 2.52. The molecule has 0 aliphatic carbocycles. The number of anilines is 1. The Morgan fingerprint density at radius 2 is 1.94 bits per heavy atom. The number of nitrogens with zero attached hydrogens (tertiary/aromatic N) is 1. The molecule has 8 nitrogen and oxygen atoms in total. The van der Waals surface area contributed by atoms with Gasteiger partial charge in [0.05, 0.1) is 11.3 Å². The molecule has 1 aliphatic rings. The van der Waals surface area contributed by atoms with Gasteiger partial charge in [0.15, 0.2) is 11.6 Å². The maximum absolute atomic E-state index is 14.4. The molecule has 33 heavy (non-hydrogen) atoms. The highest BCUT2D eigenvalue weighted by atomic mass is 19.3. The number of hydrogen-bond acceptors (Lipinski definition) is 5. The number of aromatic nitrogens is 1. The third-order valence-electron chi connectivity index (χ3n) is 5.75. The fourth-order valence-electron chi connectivity index (χ4n) is 3.84. The van der Waals surface area contributed by atoms with E-state index in [2.05, 4.69) is 10.1 Å². The zero-order valence-electron chi connectivity index (χ0n) is 17.8. The minimum absolute atomic E-state index is 0.0770. The van der Waals surface area contributed by atoms with Gasteiger partial charge in [0.2, 0.25) is 12.0 Å². The number of amides is 2. The monoisotopic (exact) mass is 472 g/mol. The van der Waals surface area contributed by atoms with Crippen molar-refractivity contribution >= 4 is 17.5 Å². The number of hydrogen-bond donors (Lipinski definition) is 3. The fourth-order valence-corrected chi connectivity index (χ4v) is 3.84. The Bertz CT molecular complexity index is 1100. The molecule has 1 aromatic carbocycles. The van der Waals surface area contributed by atoms with Crippen LogP contribution in [0.3, 0.4) is 0 Å². The van der Waals surface area contributed by atoms with Gasteiger partial charge < -0.3 is 20.5 Å². The third kappa shape index (κ3) is 4.70. The molecular weight excluding hydrogens is 450 g/mol. The fraction of sp³-hybridized carbons (Fsp3) is 0.381. The summed E-state index contributed by atoms with van der Waals surface area (Å²) in [5.74, 6) is -7.23. The number of benzene rings is 1. The Hall–Kier alpha value is -3.41. The summed E-state index contributed by atoms with van der Waals surface area (Å²) in [5, 5.41) is 12.1. The van der Waals surface area contributed by atoms with Crippen LogP contribution in [0.25, 0.3) is 0 Å². The largest absolute Gasteiger partial charge is 0.431 e. The molecule has 12 heteroatoms. The number of pyridine rings is 1. The second-order valence-electron chi connectivity index (χ2n) is 8.11. The maximum atomic E-state index is 14.4. The van der Waals surface area contributed by atoms with E-state index in [0.717, 1.165) is 24.4 Å². The quantitative estimate of drug-likeness (QED) is 0.340. The second-order valence-corrected chi connectivity index (χ2v) is 8.11. The zero-order valence-corrected chi connectivity index (χ0v) is 17.8. The van der Waals surface area contributed by atoms with Crippen LogP contribution in [0.4, 0.5) is 23.2 Å². The van der Waals surface area contributed by atoms with Crippen molar-refractivity contribution in [3.63, 3.8) is 0 Å². The third-order valence-corrected chi connectivity index (χ3v) is 5.75. The lowest BCUT2D eigenvalue weighted by Crippen LogP contribution is -2.40. The molecule has 4 N–H and O–H groups in total. The van der Waals surface area contributed by atoms with E-state index < -0.39 is 59.4 Å². The predicted molar refractivity (Wildman–Crippen MR) is 105 cm³/mol. The van der Waals surface area contributed by atoms with E-state index >= 15 is 0 Å². The summed E-state index contributed by atoms with van der Waals surface area (Å²) in [6, 6.07) is 4.21. The number of carbonyl (C=O) groups excluding carboxylic acids is 2. The van der Waals surface area contributed by atoms with Crippen molar-refractivity contribution in [1.82, 2.24) is 0 Å². The van der Waals surface area contributed by atoms with Crippen molar-refractivity contribution in [2.75, 3.05) is 5.32 Å². The zero-order chi connectivity index (χ0) is 24.7. The summed E-state index contributed by atoms with van der Waals surface area (Å²) in [7, 11) is 0. The van der Waals surface area contributed by atoms with Crippen LogP contribution in [0.2, 0.25) is 0 Å². The van der Waals surface area contributed by atoms with E-state index in [1.165, 1.54) is 6.07 Å². The molecule has 3 rings (SSSR count). The number of alkyl halides is 2. The van der Waals surface area contributed by atoms with E-state index in [0.29, 0.717) is 4.73 Å². The average Bonchev–Trinajstić information content (AvgIpc) is 2.96. The molecule has 0 radical (unpaired) electrons. The van der Waals surface area contributed by atoms with Crippen LogP contribution in [0.15, 0.2) is 30.5 Å². The number of nitrogens with two attached hydrogens (primary N) is 1. The molecule has 2 aromatic rings. The minimum atomic E-state index is -3.43. The van der Waals surface area contributed by atoms with Crippen LogP contribution in [-0.4, -0.2) is 35.3 Å². The summed E-state index contributed by atoms with van der Waals surface area (Å²) in [6.07, 6.45) is -0.252. The first-order valence-electron chi connectivity index (χ1n) is 9.79. The van der Waals surface area contributed by atoms with Gasteiger partial charge in [0.25, 0.3) is 5.91 Å². The van der Waals surface area contributed by atoms with Gasteiger partial charge in [-0.1, -0.05) is 13.0 Å². The Morgan fingerprint density at radius 1 is 1.27 bits per heavy atom. The molecular formula is C21H22F4N3O5+. The van der Waals surface area contributed by atoms with Gasteiger partial charge >= 0.3 is 18.2 Å². The summed E-state index contributed by atoms with van der Waals surface area (Å²) >= 11 is 0. The number of halogens is 4. The molecule has 0 saturated carbocycles. The molecule has 2 amide bonds. The lowest BCUT2D eigenvalue weighted by molar-refractivity contribution is -0.905. The van der Waals surface area contributed by atoms with E-state index in [1.807, 2.05) is 0 Å². The van der Waals surface area contributed by atoms with Gasteiger partial charge in [0.1, 0.15) is 6.10 Å². The predicted octanol–water partition coefficient (Wildman–Crippen LogP) is 2.73. The highest BCUT2D eigenvalue weighted by Crippen LogP contribution is 2.49. The summed E-state index contributed by atoms with van der Waals surface area (Å²) in [5.41, 5.74) is 3.81. The Balaban J connectivity index is 2.02. The SMILES string of the molecule is C[C@H]1[C@@H](c2ccc(F)c(F)c2OC(F)F)[C@@H](C(=O)Nc2cc[n+](O)c(C(N)=O)c2)OC1(C)C. The van der Waals surface area contributed by atoms with Gasteiger partial charge in [-0.3, -0.25) is 14.8 Å². The van der Waals surface area contributed by atoms with Crippen molar-refractivity contribution in [2.45, 2.75) is 45.0 Å². The molecule has 1 aromatic heterocycles. The molecule has 1 aliphatic heterocycles. The van der Waals surface area contributed by atoms with Crippen molar-refractivity contribution in [3.8, 4) is 5.75 Å². The normalized spacial score (nSPS) is 21.8. The van der Waals surface area contributed by atoms with Crippen molar-refractivity contribution in [1.29, 1.82) is 0 Å². The van der Waals surface area contributed by atoms with Gasteiger partial charge in [-0.15, -0.1) is 0 Å². The molecule has 0 unspecified atom stereocenters. The first kappa shape index (κ1) is 24.2. The van der Waals surface area contributed by atoms with Crippen molar-refractivity contribution in [3.05, 3.63) is 53.4 Å². The number of primary amides is 1. The van der Waals surface area contributed by atoms with Crippen molar-refractivity contribution in [2.24, 2.45) is 11.7 Å². The van der Waals surface area contributed by atoms with E-state index in [9.17, 15) is 32.4 Å². The van der Waals surface area contributed by atoms with E-state index in [-0.39, 0.29) is 16.9 Å². The number of carbonyl (C=O) groups is 2. The smallest absolute Gasteiger partial charge is 0.387 e. The molecule has 2 heterocycles. The number of rotatable bonds is 6. The van der Waals surface area contributed by atoms with Crippen LogP contribution in [0, 0.1) is 17.6 Å². The molecule has 178 valence electrons. The lowest BCUT2D eigenvalue weighted by atomic mass is 9.78. The van der Waals surface area contributed by atoms with Gasteiger partial charge in [-0.25, -0.2) is 4.39 Å². The van der Waals surface area contributed by atoms with Crippen LogP contribution in [0.1, 0.15) is 42.7 Å². The van der Waals surface area contributed by atoms with E-state index in [1.54, 1.807) is 20.8 Å². The summed E-state index contributed by atoms with van der Waals surface area (Å²) in [6.45, 7) is 1.56. The minimum Gasteiger partial charge on any atom is -0.431 e. The molecule has 1 fully saturated rings. The van der Waals surface area contributed by atoms with Gasteiger partial charge in [-0.2, -0.15) is 13.2 Å². The summed E-state index contributed by atoms with van der Waals surface area (Å²) < 4.78 is 64.6. The molecule has 1 saturated heterocycles. The Kier molecular flexibility index (Phi) is 6.50. The number of ether oxygens (including phenoxy) is 2. The highest BCUT2D eigenvalue weighted by molar-refractivity contribution is 5.97. The van der Waals surface area contributed by atoms with Crippen LogP contribution in [-0.2, 0) is 9.53 Å². The van der Waals surface area contributed by atoms with Crippen LogP contribution >= 0.6 is 0 Å². The second kappa shape index (κ2) is 8.85. The van der Waals surface area contributed by atoms with E-state index in [4.69, 9.17) is 10.5 Å². The van der Waals surface area contributed by atoms with Crippen molar-refractivity contribution < 1.29 is 46.6 Å². The number of nitrogens with one attached hydrogen (secondary N) is 1. The van der Waals surface area contributed by atoms with Crippen LogP contribution < -0.4 is 20.5 Å². The molecule has 0 spiro atoms. The Labute approximate surface area is 185 Å². The van der Waals surface area contributed by atoms with Gasteiger partial charge in [0, 0.05) is 28.3 Å². The van der Waals surface area contributed by atoms with Gasteiger partial charge in [-0.05, 0) is 25.8 Å². The van der Waals surface area contributed by atoms with Crippen LogP contribution in [0.5, 0.6) is 5.75 Å². The standard InChI is InChI=1S/C21H21F4N3O5/c1-9-14(11-4-5-12(22)15(23)16(11)32-20(24)25)17(33-21(9,2)3)19(30)27-10-6-7-28(31)13(8-10)18(26)29/h4-9,14,17,20,31H,1-3H3,(H2,26,29)/p+1/t9-,14-,17-/m0/s1. The summed E-state index contributed by atoms with van der Waals surface area (Å²) in [4.78, 5) is 24.5.